The van der Waals surface area contributed by atoms with Crippen molar-refractivity contribution in [1.29, 1.82) is 0 Å². The lowest BCUT2D eigenvalue weighted by Crippen LogP contribution is -2.31. The van der Waals surface area contributed by atoms with Gasteiger partial charge in [-0.1, -0.05) is 43.1 Å². The molecule has 4 rings (SSSR count). The van der Waals surface area contributed by atoms with E-state index in [2.05, 4.69) is 22.1 Å². The molecule has 0 unspecified atom stereocenters. The summed E-state index contributed by atoms with van der Waals surface area (Å²) in [5.41, 5.74) is 2.46. The van der Waals surface area contributed by atoms with Crippen LogP contribution in [0.2, 0.25) is 5.02 Å². The second kappa shape index (κ2) is 8.82. The predicted octanol–water partition coefficient (Wildman–Crippen LogP) is 4.96. The monoisotopic (exact) mass is 412 g/mol. The highest BCUT2D eigenvalue weighted by atomic mass is 35.5. The summed E-state index contributed by atoms with van der Waals surface area (Å²) >= 11 is 6.25. The second-order valence-electron chi connectivity index (χ2n) is 7.47. The lowest BCUT2D eigenvalue weighted by molar-refractivity contribution is 0.0708. The number of unbranched alkanes of at least 4 members (excludes halogenated alkanes) is 1. The number of carbonyl (C=O) groups excluding carboxylic acids is 1. The Hall–Kier alpha value is -2.60. The van der Waals surface area contributed by atoms with Crippen LogP contribution in [0.25, 0.3) is 0 Å². The van der Waals surface area contributed by atoms with Gasteiger partial charge in [0.05, 0.1) is 6.20 Å². The minimum atomic E-state index is -0.154. The van der Waals surface area contributed by atoms with Crippen molar-refractivity contribution in [2.75, 3.05) is 6.54 Å². The number of nitrogens with zero attached hydrogens (tertiary/aromatic N) is 3. The van der Waals surface area contributed by atoms with Gasteiger partial charge in [0.1, 0.15) is 17.5 Å². The zero-order chi connectivity index (χ0) is 20.2. The molecule has 3 aromatic rings. The summed E-state index contributed by atoms with van der Waals surface area (Å²) in [7, 11) is 0. The number of amides is 1. The molecule has 1 N–H and O–H groups in total. The molecule has 29 heavy (non-hydrogen) atoms. The van der Waals surface area contributed by atoms with Crippen molar-refractivity contribution in [3.05, 3.63) is 70.2 Å². The van der Waals surface area contributed by atoms with Crippen LogP contribution < -0.4 is 0 Å². The number of H-pyrrole nitrogens is 1. The first kappa shape index (κ1) is 19.7. The Labute approximate surface area is 175 Å². The van der Waals surface area contributed by atoms with Crippen LogP contribution in [0.15, 0.2) is 40.9 Å². The molecule has 1 amide bonds. The van der Waals surface area contributed by atoms with Gasteiger partial charge in [-0.05, 0) is 43.4 Å². The van der Waals surface area contributed by atoms with Crippen LogP contribution in [0.5, 0.6) is 0 Å². The third-order valence-electron chi connectivity index (χ3n) is 5.34. The van der Waals surface area contributed by atoms with E-state index < -0.39 is 0 Å². The molecule has 7 heteroatoms. The van der Waals surface area contributed by atoms with Gasteiger partial charge < -0.3 is 9.32 Å². The molecule has 0 saturated carbocycles. The van der Waals surface area contributed by atoms with Crippen molar-refractivity contribution in [1.82, 2.24) is 20.1 Å². The van der Waals surface area contributed by atoms with Gasteiger partial charge in [-0.25, -0.2) is 4.98 Å². The van der Waals surface area contributed by atoms with E-state index in [0.717, 1.165) is 49.1 Å². The zero-order valence-electron chi connectivity index (χ0n) is 16.5. The minimum absolute atomic E-state index is 0.0719. The number of nitrogens with one attached hydrogen (secondary N) is 1. The number of aromatic amines is 1. The molecule has 1 aromatic carbocycles. The highest BCUT2D eigenvalue weighted by molar-refractivity contribution is 6.31. The van der Waals surface area contributed by atoms with E-state index in [1.165, 1.54) is 0 Å². The van der Waals surface area contributed by atoms with Crippen LogP contribution >= 0.6 is 11.6 Å². The van der Waals surface area contributed by atoms with Gasteiger partial charge >= 0.3 is 0 Å². The SMILES string of the molecule is CCCCc1cc(C(=O)N2CCC[C@H]2c2ncc(Cc3ccccc3Cl)o2)n[nH]1. The molecule has 1 aliphatic heterocycles. The number of rotatable bonds is 7. The van der Waals surface area contributed by atoms with Gasteiger partial charge in [-0.15, -0.1) is 0 Å². The van der Waals surface area contributed by atoms with E-state index >= 15 is 0 Å². The third kappa shape index (κ3) is 4.37. The van der Waals surface area contributed by atoms with Gasteiger partial charge in [0, 0.05) is 23.7 Å². The van der Waals surface area contributed by atoms with Gasteiger partial charge in [0.15, 0.2) is 0 Å². The van der Waals surface area contributed by atoms with Crippen molar-refractivity contribution >= 4 is 17.5 Å². The zero-order valence-corrected chi connectivity index (χ0v) is 17.3. The summed E-state index contributed by atoms with van der Waals surface area (Å²) < 4.78 is 6.01. The Bertz CT molecular complexity index is 981. The van der Waals surface area contributed by atoms with Crippen LogP contribution in [0.3, 0.4) is 0 Å². The molecule has 0 radical (unpaired) electrons. The van der Waals surface area contributed by atoms with E-state index in [1.807, 2.05) is 35.2 Å². The fraction of sp³-hybridized carbons (Fsp3) is 0.409. The number of aromatic nitrogens is 3. The summed E-state index contributed by atoms with van der Waals surface area (Å²) in [5.74, 6) is 1.26. The number of hydrogen-bond donors (Lipinski definition) is 1. The summed E-state index contributed by atoms with van der Waals surface area (Å²) in [6.07, 6.45) is 7.16. The van der Waals surface area contributed by atoms with Gasteiger partial charge in [0.2, 0.25) is 5.89 Å². The summed E-state index contributed by atoms with van der Waals surface area (Å²) in [4.78, 5) is 19.3. The van der Waals surface area contributed by atoms with Crippen molar-refractivity contribution in [2.45, 2.75) is 51.5 Å². The fourth-order valence-electron chi connectivity index (χ4n) is 3.77. The quantitative estimate of drug-likeness (QED) is 0.595. The number of carbonyl (C=O) groups is 1. The Morgan fingerprint density at radius 2 is 2.24 bits per heavy atom. The van der Waals surface area contributed by atoms with E-state index in [4.69, 9.17) is 16.0 Å². The molecule has 0 bridgehead atoms. The Morgan fingerprint density at radius 1 is 1.38 bits per heavy atom. The molecule has 1 aliphatic rings. The van der Waals surface area contributed by atoms with Crippen molar-refractivity contribution in [3.8, 4) is 0 Å². The van der Waals surface area contributed by atoms with Crippen molar-refractivity contribution < 1.29 is 9.21 Å². The van der Waals surface area contributed by atoms with E-state index in [0.29, 0.717) is 29.6 Å². The molecule has 1 saturated heterocycles. The first-order valence-electron chi connectivity index (χ1n) is 10.2. The number of likely N-dealkylation sites (tertiary alicyclic amines) is 1. The summed E-state index contributed by atoms with van der Waals surface area (Å²) in [5, 5.41) is 7.93. The predicted molar refractivity (Wildman–Crippen MR) is 111 cm³/mol. The first-order chi connectivity index (χ1) is 14.2. The first-order valence-corrected chi connectivity index (χ1v) is 10.6. The standard InChI is InChI=1S/C22H25ClN4O2/c1-2-3-8-16-13-19(26-25-16)22(28)27-11-6-10-20(27)21-24-14-17(29-21)12-15-7-4-5-9-18(15)23/h4-5,7,9,13-14,20H,2-3,6,8,10-12H2,1H3,(H,25,26)/t20-/m0/s1. The van der Waals surface area contributed by atoms with Crippen LogP contribution in [-0.2, 0) is 12.8 Å². The number of benzene rings is 1. The van der Waals surface area contributed by atoms with Gasteiger partial charge in [-0.2, -0.15) is 5.10 Å². The van der Waals surface area contributed by atoms with Crippen LogP contribution in [-0.4, -0.2) is 32.5 Å². The second-order valence-corrected chi connectivity index (χ2v) is 7.88. The van der Waals surface area contributed by atoms with E-state index in [1.54, 1.807) is 6.20 Å². The Morgan fingerprint density at radius 3 is 3.07 bits per heavy atom. The number of halogens is 1. The van der Waals surface area contributed by atoms with Crippen LogP contribution in [0, 0.1) is 0 Å². The highest BCUT2D eigenvalue weighted by Gasteiger charge is 2.34. The highest BCUT2D eigenvalue weighted by Crippen LogP contribution is 2.33. The smallest absolute Gasteiger partial charge is 0.275 e. The van der Waals surface area contributed by atoms with Gasteiger partial charge in [0.25, 0.3) is 5.91 Å². The Balaban J connectivity index is 1.47. The number of hydrogen-bond acceptors (Lipinski definition) is 4. The van der Waals surface area contributed by atoms with Gasteiger partial charge in [-0.3, -0.25) is 9.89 Å². The third-order valence-corrected chi connectivity index (χ3v) is 5.71. The maximum absolute atomic E-state index is 13.0. The lowest BCUT2D eigenvalue weighted by Gasteiger charge is -2.21. The molecule has 1 fully saturated rings. The largest absolute Gasteiger partial charge is 0.443 e. The summed E-state index contributed by atoms with van der Waals surface area (Å²) in [6.45, 7) is 2.83. The average Bonchev–Trinajstić information content (AvgIpc) is 3.48. The molecule has 0 aliphatic carbocycles. The Kier molecular flexibility index (Phi) is 6.00. The molecule has 0 spiro atoms. The molecule has 2 aromatic heterocycles. The molecular formula is C22H25ClN4O2. The number of aryl methyl sites for hydroxylation is 1. The van der Waals surface area contributed by atoms with Crippen molar-refractivity contribution in [3.63, 3.8) is 0 Å². The summed E-state index contributed by atoms with van der Waals surface area (Å²) in [6, 6.07) is 9.41. The number of oxazole rings is 1. The average molecular weight is 413 g/mol. The molecule has 6 nitrogen and oxygen atoms in total. The molecular weight excluding hydrogens is 388 g/mol. The maximum Gasteiger partial charge on any atom is 0.275 e. The normalized spacial score (nSPS) is 16.5. The molecule has 1 atom stereocenters. The topological polar surface area (TPSA) is 75.0 Å². The lowest BCUT2D eigenvalue weighted by atomic mass is 10.1. The molecule has 3 heterocycles. The van der Waals surface area contributed by atoms with E-state index in [9.17, 15) is 4.79 Å². The fourth-order valence-corrected chi connectivity index (χ4v) is 3.97. The van der Waals surface area contributed by atoms with Crippen LogP contribution in [0.4, 0.5) is 0 Å². The maximum atomic E-state index is 13.0. The minimum Gasteiger partial charge on any atom is -0.443 e. The van der Waals surface area contributed by atoms with Crippen LogP contribution in [0.1, 0.15) is 72.0 Å². The van der Waals surface area contributed by atoms with E-state index in [-0.39, 0.29) is 11.9 Å². The molecule has 152 valence electrons. The van der Waals surface area contributed by atoms with Crippen molar-refractivity contribution in [2.24, 2.45) is 0 Å².